The molecule has 0 aliphatic carbocycles. The van der Waals surface area contributed by atoms with Gasteiger partial charge in [0.2, 0.25) is 5.95 Å². The Balaban J connectivity index is 1.71. The normalized spacial score (nSPS) is 15.0. The van der Waals surface area contributed by atoms with E-state index in [0.717, 1.165) is 34.5 Å². The topological polar surface area (TPSA) is 90.3 Å². The number of aryl methyl sites for hydroxylation is 1. The maximum Gasteiger partial charge on any atom is 0.255 e. The predicted octanol–water partition coefficient (Wildman–Crippen LogP) is 5.26. The molecule has 3 aromatic rings. The van der Waals surface area contributed by atoms with Gasteiger partial charge in [-0.05, 0) is 68.0 Å². The van der Waals surface area contributed by atoms with Crippen molar-refractivity contribution in [2.45, 2.75) is 47.1 Å². The first-order valence-corrected chi connectivity index (χ1v) is 11.9. The molecule has 4 rings (SSSR count). The standard InChI is InChI=1S/C27H33N5O3/c1-16(2)12-13-35-22-11-10-20(14-23(22)34-6)25-24(19(5)30-27-28-15-29-32(25)27)26(33)31-21-9-7-8-17(3)18(21)4/h7-11,14-16,25H,12-13H2,1-6H3,(H,31,33)(H,28,29,30). The fraction of sp³-hybridized carbons (Fsp3) is 0.370. The molecule has 0 saturated carbocycles. The van der Waals surface area contributed by atoms with Crippen LogP contribution < -0.4 is 20.1 Å². The van der Waals surface area contributed by atoms with Crippen LogP contribution in [0.1, 0.15) is 49.9 Å². The van der Waals surface area contributed by atoms with Crippen LogP contribution in [-0.2, 0) is 4.79 Å². The van der Waals surface area contributed by atoms with Crippen LogP contribution in [0.5, 0.6) is 11.5 Å². The van der Waals surface area contributed by atoms with Crippen LogP contribution in [0.2, 0.25) is 0 Å². The van der Waals surface area contributed by atoms with Crippen molar-refractivity contribution in [2.75, 3.05) is 24.4 Å². The fourth-order valence-electron chi connectivity index (χ4n) is 4.15. The summed E-state index contributed by atoms with van der Waals surface area (Å²) in [4.78, 5) is 18.0. The first kappa shape index (κ1) is 24.3. The summed E-state index contributed by atoms with van der Waals surface area (Å²) in [5.41, 5.74) is 5.05. The van der Waals surface area contributed by atoms with Gasteiger partial charge in [0.25, 0.3) is 5.91 Å². The van der Waals surface area contributed by atoms with E-state index >= 15 is 0 Å². The summed E-state index contributed by atoms with van der Waals surface area (Å²) in [6.45, 7) is 10.8. The van der Waals surface area contributed by atoms with Gasteiger partial charge < -0.3 is 20.1 Å². The largest absolute Gasteiger partial charge is 0.493 e. The van der Waals surface area contributed by atoms with Crippen molar-refractivity contribution >= 4 is 17.5 Å². The van der Waals surface area contributed by atoms with Gasteiger partial charge in [-0.25, -0.2) is 4.68 Å². The van der Waals surface area contributed by atoms with Gasteiger partial charge in [-0.3, -0.25) is 4.79 Å². The van der Waals surface area contributed by atoms with Gasteiger partial charge in [0, 0.05) is 11.4 Å². The molecule has 1 aliphatic heterocycles. The molecular formula is C27H33N5O3. The number of nitrogens with zero attached hydrogens (tertiary/aromatic N) is 3. The van der Waals surface area contributed by atoms with Gasteiger partial charge in [0.1, 0.15) is 12.4 Å². The van der Waals surface area contributed by atoms with E-state index in [2.05, 4.69) is 34.6 Å². The Bertz CT molecular complexity index is 1260. The summed E-state index contributed by atoms with van der Waals surface area (Å²) >= 11 is 0. The third-order valence-corrected chi connectivity index (χ3v) is 6.35. The molecule has 1 atom stereocenters. The Labute approximate surface area is 206 Å². The molecule has 0 saturated heterocycles. The van der Waals surface area contributed by atoms with E-state index in [-0.39, 0.29) is 5.91 Å². The summed E-state index contributed by atoms with van der Waals surface area (Å²) in [7, 11) is 1.62. The molecule has 35 heavy (non-hydrogen) atoms. The van der Waals surface area contributed by atoms with Crippen molar-refractivity contribution in [3.8, 4) is 11.5 Å². The number of hydrogen-bond acceptors (Lipinski definition) is 6. The number of allylic oxidation sites excluding steroid dienone is 1. The summed E-state index contributed by atoms with van der Waals surface area (Å²) in [5.74, 6) is 2.20. The molecule has 0 fully saturated rings. The van der Waals surface area contributed by atoms with E-state index in [0.29, 0.717) is 35.5 Å². The van der Waals surface area contributed by atoms with Crippen molar-refractivity contribution in [3.63, 3.8) is 0 Å². The lowest BCUT2D eigenvalue weighted by molar-refractivity contribution is -0.113. The molecule has 2 N–H and O–H groups in total. The summed E-state index contributed by atoms with van der Waals surface area (Å²) < 4.78 is 13.3. The van der Waals surface area contributed by atoms with E-state index in [1.54, 1.807) is 11.8 Å². The smallest absolute Gasteiger partial charge is 0.255 e. The van der Waals surface area contributed by atoms with Gasteiger partial charge >= 0.3 is 0 Å². The van der Waals surface area contributed by atoms with E-state index < -0.39 is 6.04 Å². The predicted molar refractivity (Wildman–Crippen MR) is 137 cm³/mol. The average molecular weight is 476 g/mol. The number of carbonyl (C=O) groups is 1. The minimum atomic E-state index is -0.488. The minimum absolute atomic E-state index is 0.203. The Hall–Kier alpha value is -3.81. The van der Waals surface area contributed by atoms with Gasteiger partial charge in [-0.15, -0.1) is 0 Å². The van der Waals surface area contributed by atoms with Gasteiger partial charge in [-0.2, -0.15) is 10.1 Å². The van der Waals surface area contributed by atoms with Crippen LogP contribution in [-0.4, -0.2) is 34.4 Å². The minimum Gasteiger partial charge on any atom is -0.493 e. The third-order valence-electron chi connectivity index (χ3n) is 6.35. The lowest BCUT2D eigenvalue weighted by Crippen LogP contribution is -2.31. The number of aromatic nitrogens is 3. The molecular weight excluding hydrogens is 442 g/mol. The molecule has 1 aromatic heterocycles. The van der Waals surface area contributed by atoms with Crippen LogP contribution in [0, 0.1) is 19.8 Å². The molecule has 1 aliphatic rings. The molecule has 1 unspecified atom stereocenters. The Morgan fingerprint density at radius 2 is 1.97 bits per heavy atom. The number of carbonyl (C=O) groups excluding carboxylic acids is 1. The molecule has 184 valence electrons. The second-order valence-electron chi connectivity index (χ2n) is 9.24. The zero-order chi connectivity index (χ0) is 25.1. The van der Waals surface area contributed by atoms with E-state index in [1.165, 1.54) is 6.33 Å². The van der Waals surface area contributed by atoms with Crippen molar-refractivity contribution in [1.82, 2.24) is 14.8 Å². The van der Waals surface area contributed by atoms with E-state index in [9.17, 15) is 4.79 Å². The third kappa shape index (κ3) is 5.01. The highest BCUT2D eigenvalue weighted by atomic mass is 16.5. The maximum absolute atomic E-state index is 13.7. The summed E-state index contributed by atoms with van der Waals surface area (Å²) in [5, 5.41) is 10.7. The molecule has 1 amide bonds. The van der Waals surface area contributed by atoms with Crippen LogP contribution in [0.3, 0.4) is 0 Å². The zero-order valence-electron chi connectivity index (χ0n) is 21.2. The van der Waals surface area contributed by atoms with Crippen molar-refractivity contribution in [2.24, 2.45) is 5.92 Å². The summed E-state index contributed by atoms with van der Waals surface area (Å²) in [6.07, 6.45) is 2.43. The summed E-state index contributed by atoms with van der Waals surface area (Å²) in [6, 6.07) is 11.1. The number of ether oxygens (including phenoxy) is 2. The van der Waals surface area contributed by atoms with Crippen LogP contribution >= 0.6 is 0 Å². The van der Waals surface area contributed by atoms with Crippen molar-refractivity contribution in [1.29, 1.82) is 0 Å². The molecule has 0 radical (unpaired) electrons. The average Bonchev–Trinajstić information content (AvgIpc) is 3.29. The number of rotatable bonds is 8. The molecule has 0 bridgehead atoms. The SMILES string of the molecule is COc1cc(C2C(C(=O)Nc3cccc(C)c3C)=C(C)Nc3ncnn32)ccc1OCCC(C)C. The highest BCUT2D eigenvalue weighted by molar-refractivity contribution is 6.06. The first-order chi connectivity index (χ1) is 16.8. The highest BCUT2D eigenvalue weighted by Gasteiger charge is 2.34. The van der Waals surface area contributed by atoms with E-state index in [4.69, 9.17) is 9.47 Å². The molecule has 8 heteroatoms. The number of fused-ring (bicyclic) bond motifs is 1. The Morgan fingerprint density at radius 1 is 1.17 bits per heavy atom. The second-order valence-corrected chi connectivity index (χ2v) is 9.24. The first-order valence-electron chi connectivity index (χ1n) is 11.9. The lowest BCUT2D eigenvalue weighted by Gasteiger charge is -2.29. The quantitative estimate of drug-likeness (QED) is 0.462. The van der Waals surface area contributed by atoms with E-state index in [1.807, 2.05) is 57.2 Å². The number of nitrogens with one attached hydrogen (secondary N) is 2. The molecule has 2 aromatic carbocycles. The molecule has 2 heterocycles. The Morgan fingerprint density at radius 3 is 2.71 bits per heavy atom. The number of hydrogen-bond donors (Lipinski definition) is 2. The number of amides is 1. The fourth-order valence-corrected chi connectivity index (χ4v) is 4.15. The monoisotopic (exact) mass is 475 g/mol. The molecule has 8 nitrogen and oxygen atoms in total. The van der Waals surface area contributed by atoms with Crippen LogP contribution in [0.25, 0.3) is 0 Å². The maximum atomic E-state index is 13.7. The second kappa shape index (κ2) is 10.2. The number of anilines is 2. The molecule has 0 spiro atoms. The van der Waals surface area contributed by atoms with Crippen molar-refractivity contribution in [3.05, 3.63) is 70.7 Å². The van der Waals surface area contributed by atoms with Gasteiger partial charge in [0.15, 0.2) is 11.5 Å². The van der Waals surface area contributed by atoms with Gasteiger partial charge in [0.05, 0.1) is 19.3 Å². The number of benzene rings is 2. The Kier molecular flexibility index (Phi) is 7.10. The van der Waals surface area contributed by atoms with Gasteiger partial charge in [-0.1, -0.05) is 32.0 Å². The van der Waals surface area contributed by atoms with Crippen molar-refractivity contribution < 1.29 is 14.3 Å². The lowest BCUT2D eigenvalue weighted by atomic mass is 9.94. The van der Waals surface area contributed by atoms with Crippen LogP contribution in [0.4, 0.5) is 11.6 Å². The highest BCUT2D eigenvalue weighted by Crippen LogP contribution is 2.39. The zero-order valence-corrected chi connectivity index (χ0v) is 21.2. The van der Waals surface area contributed by atoms with Crippen LogP contribution in [0.15, 0.2) is 54.0 Å². The number of methoxy groups -OCH3 is 1.